The molecule has 0 saturated carbocycles. The number of likely N-dealkylation sites (N-methyl/N-ethyl adjacent to an activating group) is 1. The first-order valence-corrected chi connectivity index (χ1v) is 7.33. The van der Waals surface area contributed by atoms with Gasteiger partial charge in [0.25, 0.3) is 0 Å². The molecule has 3 heteroatoms. The second-order valence-corrected chi connectivity index (χ2v) is 6.78. The second kappa shape index (κ2) is 7.09. The fourth-order valence-electron chi connectivity index (χ4n) is 2.11. The topological polar surface area (TPSA) is 38.5 Å². The summed E-state index contributed by atoms with van der Waals surface area (Å²) < 4.78 is 5.42. The highest BCUT2D eigenvalue weighted by Gasteiger charge is 2.23. The Morgan fingerprint density at radius 2 is 1.85 bits per heavy atom. The molecular weight excluding hydrogens is 248 g/mol. The van der Waals surface area contributed by atoms with E-state index in [0.717, 1.165) is 18.7 Å². The van der Waals surface area contributed by atoms with Gasteiger partial charge in [0.1, 0.15) is 5.75 Å². The van der Waals surface area contributed by atoms with Gasteiger partial charge >= 0.3 is 0 Å². The van der Waals surface area contributed by atoms with Gasteiger partial charge in [-0.3, -0.25) is 0 Å². The van der Waals surface area contributed by atoms with Gasteiger partial charge in [0.2, 0.25) is 0 Å². The first-order valence-electron chi connectivity index (χ1n) is 7.33. The Hall–Kier alpha value is -1.06. The quantitative estimate of drug-likeness (QED) is 0.869. The average molecular weight is 278 g/mol. The molecule has 0 saturated heterocycles. The number of nitrogens with two attached hydrogens (primary N) is 1. The van der Waals surface area contributed by atoms with Crippen LogP contribution in [0.15, 0.2) is 24.3 Å². The predicted octanol–water partition coefficient (Wildman–Crippen LogP) is 2.93. The van der Waals surface area contributed by atoms with E-state index in [1.165, 1.54) is 5.56 Å². The number of rotatable bonds is 6. The Kier molecular flexibility index (Phi) is 6.03. The normalized spacial score (nSPS) is 15.2. The third kappa shape index (κ3) is 4.80. The lowest BCUT2D eigenvalue weighted by Crippen LogP contribution is -2.47. The van der Waals surface area contributed by atoms with Crippen molar-refractivity contribution in [3.05, 3.63) is 29.8 Å². The molecule has 0 heterocycles. The molecule has 2 unspecified atom stereocenters. The third-order valence-electron chi connectivity index (χ3n) is 4.06. The molecule has 1 aromatic rings. The second-order valence-electron chi connectivity index (χ2n) is 6.78. The van der Waals surface area contributed by atoms with Gasteiger partial charge < -0.3 is 15.4 Å². The summed E-state index contributed by atoms with van der Waals surface area (Å²) in [6, 6.07) is 8.82. The molecular formula is C17H30N2O. The van der Waals surface area contributed by atoms with Gasteiger partial charge in [0.15, 0.2) is 0 Å². The van der Waals surface area contributed by atoms with E-state index in [2.05, 4.69) is 51.8 Å². The maximum Gasteiger partial charge on any atom is 0.122 e. The van der Waals surface area contributed by atoms with Crippen molar-refractivity contribution in [2.75, 3.05) is 20.7 Å². The van der Waals surface area contributed by atoms with E-state index in [0.29, 0.717) is 6.04 Å². The first-order chi connectivity index (χ1) is 9.25. The fraction of sp³-hybridized carbons (Fsp3) is 0.647. The monoisotopic (exact) mass is 278 g/mol. The smallest absolute Gasteiger partial charge is 0.122 e. The van der Waals surface area contributed by atoms with Crippen molar-refractivity contribution in [2.45, 2.75) is 46.2 Å². The molecule has 0 bridgehead atoms. The molecule has 0 radical (unpaired) electrons. The molecule has 3 nitrogen and oxygen atoms in total. The number of nitrogens with zero attached hydrogens (tertiary/aromatic N) is 1. The minimum absolute atomic E-state index is 0.137. The maximum atomic E-state index is 6.27. The van der Waals surface area contributed by atoms with Crippen LogP contribution in [0.4, 0.5) is 0 Å². The van der Waals surface area contributed by atoms with Crippen LogP contribution >= 0.6 is 0 Å². The largest absolute Gasteiger partial charge is 0.496 e. The Balaban J connectivity index is 2.64. The molecule has 0 aliphatic carbocycles. The molecule has 2 atom stereocenters. The van der Waals surface area contributed by atoms with Crippen molar-refractivity contribution in [2.24, 2.45) is 11.1 Å². The highest BCUT2D eigenvalue weighted by Crippen LogP contribution is 2.22. The van der Waals surface area contributed by atoms with Gasteiger partial charge in [-0.25, -0.2) is 0 Å². The number of ether oxygens (including phenoxy) is 1. The number of benzene rings is 1. The molecule has 0 aromatic heterocycles. The van der Waals surface area contributed by atoms with Crippen molar-refractivity contribution >= 4 is 0 Å². The molecule has 114 valence electrons. The van der Waals surface area contributed by atoms with Gasteiger partial charge in [-0.2, -0.15) is 0 Å². The number of hydrogen-bond donors (Lipinski definition) is 1. The lowest BCUT2D eigenvalue weighted by atomic mass is 9.87. The summed E-state index contributed by atoms with van der Waals surface area (Å²) in [5, 5.41) is 0. The lowest BCUT2D eigenvalue weighted by molar-refractivity contribution is 0.188. The van der Waals surface area contributed by atoms with E-state index in [1.807, 2.05) is 12.1 Å². The Morgan fingerprint density at radius 3 is 2.40 bits per heavy atom. The van der Waals surface area contributed by atoms with E-state index in [9.17, 15) is 0 Å². The zero-order valence-electron chi connectivity index (χ0n) is 13.8. The molecule has 0 amide bonds. The molecule has 20 heavy (non-hydrogen) atoms. The molecule has 2 N–H and O–H groups in total. The van der Waals surface area contributed by atoms with Gasteiger partial charge in [-0.1, -0.05) is 39.0 Å². The van der Waals surface area contributed by atoms with Crippen LogP contribution in [0.2, 0.25) is 0 Å². The molecule has 1 aromatic carbocycles. The minimum atomic E-state index is 0.137. The predicted molar refractivity (Wildman–Crippen MR) is 86.2 cm³/mol. The van der Waals surface area contributed by atoms with E-state index < -0.39 is 0 Å². The maximum absolute atomic E-state index is 6.27. The van der Waals surface area contributed by atoms with E-state index in [1.54, 1.807) is 7.11 Å². The third-order valence-corrected chi connectivity index (χ3v) is 4.06. The van der Waals surface area contributed by atoms with Gasteiger partial charge in [-0.15, -0.1) is 0 Å². The van der Waals surface area contributed by atoms with Crippen LogP contribution in [0.3, 0.4) is 0 Å². The lowest BCUT2D eigenvalue weighted by Gasteiger charge is -2.34. The molecule has 0 aliphatic rings. The zero-order valence-corrected chi connectivity index (χ0v) is 13.8. The molecule has 0 spiro atoms. The van der Waals surface area contributed by atoms with Gasteiger partial charge in [0, 0.05) is 18.6 Å². The van der Waals surface area contributed by atoms with E-state index in [-0.39, 0.29) is 11.5 Å². The number of hydrogen-bond acceptors (Lipinski definition) is 3. The summed E-state index contributed by atoms with van der Waals surface area (Å²) in [6.45, 7) is 9.71. The van der Waals surface area contributed by atoms with Crippen molar-refractivity contribution in [1.29, 1.82) is 0 Å². The van der Waals surface area contributed by atoms with Gasteiger partial charge in [0.05, 0.1) is 7.11 Å². The summed E-state index contributed by atoms with van der Waals surface area (Å²) in [7, 11) is 3.87. The standard InChI is InChI=1S/C17H30N2O/c1-13(19(5)12-16(18)17(2,3)4)11-14-9-7-8-10-15(14)20-6/h7-10,13,16H,11-12,18H2,1-6H3. The SMILES string of the molecule is COc1ccccc1CC(C)N(C)CC(N)C(C)(C)C. The average Bonchev–Trinajstić information content (AvgIpc) is 2.38. The van der Waals surface area contributed by atoms with Crippen LogP contribution in [0.25, 0.3) is 0 Å². The molecule has 0 fully saturated rings. The van der Waals surface area contributed by atoms with Crippen LogP contribution in [-0.4, -0.2) is 37.7 Å². The number of methoxy groups -OCH3 is 1. The van der Waals surface area contributed by atoms with Crippen molar-refractivity contribution in [3.8, 4) is 5.75 Å². The van der Waals surface area contributed by atoms with Crippen LogP contribution in [0.1, 0.15) is 33.3 Å². The molecule has 1 rings (SSSR count). The fourth-order valence-corrected chi connectivity index (χ4v) is 2.11. The number of para-hydroxylation sites is 1. The van der Waals surface area contributed by atoms with Crippen LogP contribution in [0, 0.1) is 5.41 Å². The first kappa shape index (κ1) is 17.0. The highest BCUT2D eigenvalue weighted by molar-refractivity contribution is 5.33. The molecule has 0 aliphatic heterocycles. The van der Waals surface area contributed by atoms with E-state index in [4.69, 9.17) is 10.5 Å². The Labute approximate surface area is 124 Å². The van der Waals surface area contributed by atoms with Crippen LogP contribution in [-0.2, 0) is 6.42 Å². The van der Waals surface area contributed by atoms with Crippen molar-refractivity contribution < 1.29 is 4.74 Å². The summed E-state index contributed by atoms with van der Waals surface area (Å²) >= 11 is 0. The summed E-state index contributed by atoms with van der Waals surface area (Å²) in [4.78, 5) is 2.34. The Bertz CT molecular complexity index is 412. The summed E-state index contributed by atoms with van der Waals surface area (Å²) in [5.41, 5.74) is 7.66. The summed E-state index contributed by atoms with van der Waals surface area (Å²) in [5.74, 6) is 0.966. The minimum Gasteiger partial charge on any atom is -0.496 e. The van der Waals surface area contributed by atoms with Crippen LogP contribution in [0.5, 0.6) is 5.75 Å². The summed E-state index contributed by atoms with van der Waals surface area (Å²) in [6.07, 6.45) is 0.970. The van der Waals surface area contributed by atoms with Crippen molar-refractivity contribution in [3.63, 3.8) is 0 Å². The Morgan fingerprint density at radius 1 is 1.25 bits per heavy atom. The highest BCUT2D eigenvalue weighted by atomic mass is 16.5. The zero-order chi connectivity index (χ0) is 15.3. The van der Waals surface area contributed by atoms with Crippen LogP contribution < -0.4 is 10.5 Å². The van der Waals surface area contributed by atoms with Crippen molar-refractivity contribution in [1.82, 2.24) is 4.90 Å². The van der Waals surface area contributed by atoms with E-state index >= 15 is 0 Å². The van der Waals surface area contributed by atoms with Gasteiger partial charge in [-0.05, 0) is 37.4 Å².